The molecule has 0 aliphatic heterocycles. The van der Waals surface area contributed by atoms with Crippen LogP contribution in [0.25, 0.3) is 10.9 Å². The fourth-order valence-corrected chi connectivity index (χ4v) is 3.76. The van der Waals surface area contributed by atoms with Gasteiger partial charge >= 0.3 is 0 Å². The smallest absolute Gasteiger partial charge is 0.252 e. The second kappa shape index (κ2) is 7.35. The third-order valence-electron chi connectivity index (χ3n) is 5.19. The van der Waals surface area contributed by atoms with Crippen LogP contribution in [0.15, 0.2) is 42.6 Å². The number of aromatic nitrogens is 2. The molecule has 0 saturated carbocycles. The Morgan fingerprint density at radius 3 is 3.00 bits per heavy atom. The third kappa shape index (κ3) is 3.50. The molecule has 0 spiro atoms. The van der Waals surface area contributed by atoms with E-state index in [2.05, 4.69) is 17.2 Å². The summed E-state index contributed by atoms with van der Waals surface area (Å²) in [6.45, 7) is 2.67. The quantitative estimate of drug-likeness (QED) is 0.770. The number of hydrogen-bond acceptors (Lipinski definition) is 4. The van der Waals surface area contributed by atoms with Crippen molar-refractivity contribution in [1.29, 1.82) is 0 Å². The summed E-state index contributed by atoms with van der Waals surface area (Å²) in [5, 5.41) is 4.00. The largest absolute Gasteiger partial charge is 0.481 e. The number of hydrogen-bond donors (Lipinski definition) is 1. The van der Waals surface area contributed by atoms with Gasteiger partial charge in [-0.2, -0.15) is 0 Å². The van der Waals surface area contributed by atoms with Gasteiger partial charge < -0.3 is 10.1 Å². The van der Waals surface area contributed by atoms with Crippen LogP contribution in [0.4, 0.5) is 0 Å². The molecule has 1 unspecified atom stereocenters. The molecule has 1 aliphatic rings. The van der Waals surface area contributed by atoms with E-state index >= 15 is 0 Å². The van der Waals surface area contributed by atoms with E-state index in [-0.39, 0.29) is 5.91 Å². The van der Waals surface area contributed by atoms with Gasteiger partial charge in [-0.1, -0.05) is 25.1 Å². The molecule has 138 valence electrons. The zero-order valence-corrected chi connectivity index (χ0v) is 15.7. The van der Waals surface area contributed by atoms with Crippen molar-refractivity contribution in [2.45, 2.75) is 32.7 Å². The SMILES string of the molecule is COc1cc(CNC(=O)c2c3c(nc4ccccc24)CCC(C)C3)ccn1. The molecular formula is C22H23N3O2. The van der Waals surface area contributed by atoms with Crippen LogP contribution in [0.2, 0.25) is 0 Å². The lowest BCUT2D eigenvalue weighted by atomic mass is 9.84. The Hall–Kier alpha value is -2.95. The van der Waals surface area contributed by atoms with Crippen molar-refractivity contribution in [2.75, 3.05) is 7.11 Å². The van der Waals surface area contributed by atoms with Crippen molar-refractivity contribution in [3.8, 4) is 5.88 Å². The number of methoxy groups -OCH3 is 1. The summed E-state index contributed by atoms with van der Waals surface area (Å²) in [6.07, 6.45) is 4.64. The number of rotatable bonds is 4. The number of aryl methyl sites for hydroxylation is 1. The standard InChI is InChI=1S/C22H23N3O2/c1-14-7-8-19-17(11-14)21(16-5-3-4-6-18(16)25-19)22(26)24-13-15-9-10-23-20(12-15)27-2/h3-6,9-10,12,14H,7-8,11,13H2,1-2H3,(H,24,26). The maximum atomic E-state index is 13.2. The minimum absolute atomic E-state index is 0.0465. The van der Waals surface area contributed by atoms with Gasteiger partial charge in [0.25, 0.3) is 5.91 Å². The van der Waals surface area contributed by atoms with E-state index in [9.17, 15) is 4.79 Å². The summed E-state index contributed by atoms with van der Waals surface area (Å²) in [4.78, 5) is 22.1. The predicted molar refractivity (Wildman–Crippen MR) is 105 cm³/mol. The third-order valence-corrected chi connectivity index (χ3v) is 5.19. The van der Waals surface area contributed by atoms with Crippen LogP contribution in [0.1, 0.15) is 40.5 Å². The van der Waals surface area contributed by atoms with Crippen molar-refractivity contribution in [1.82, 2.24) is 15.3 Å². The first-order chi connectivity index (χ1) is 13.2. The summed E-state index contributed by atoms with van der Waals surface area (Å²) in [6, 6.07) is 11.6. The van der Waals surface area contributed by atoms with Gasteiger partial charge in [-0.25, -0.2) is 4.98 Å². The van der Waals surface area contributed by atoms with Gasteiger partial charge in [0.15, 0.2) is 0 Å². The maximum absolute atomic E-state index is 13.2. The number of nitrogens with zero attached hydrogens (tertiary/aromatic N) is 2. The Labute approximate surface area is 158 Å². The molecular weight excluding hydrogens is 338 g/mol. The second-order valence-electron chi connectivity index (χ2n) is 7.17. The molecule has 2 heterocycles. The highest BCUT2D eigenvalue weighted by Crippen LogP contribution is 2.31. The number of amides is 1. The van der Waals surface area contributed by atoms with Crippen LogP contribution in [-0.2, 0) is 19.4 Å². The highest BCUT2D eigenvalue weighted by molar-refractivity contribution is 6.07. The van der Waals surface area contributed by atoms with Gasteiger partial charge in [0.2, 0.25) is 5.88 Å². The van der Waals surface area contributed by atoms with Gasteiger partial charge in [0, 0.05) is 29.9 Å². The van der Waals surface area contributed by atoms with Crippen LogP contribution in [0, 0.1) is 5.92 Å². The monoisotopic (exact) mass is 361 g/mol. The Morgan fingerprint density at radius 1 is 1.30 bits per heavy atom. The van der Waals surface area contributed by atoms with E-state index < -0.39 is 0 Å². The number of carbonyl (C=O) groups excluding carboxylic acids is 1. The highest BCUT2D eigenvalue weighted by Gasteiger charge is 2.25. The number of pyridine rings is 2. The molecule has 0 fully saturated rings. The minimum Gasteiger partial charge on any atom is -0.481 e. The number of ether oxygens (including phenoxy) is 1. The number of benzene rings is 1. The number of nitrogens with one attached hydrogen (secondary N) is 1. The molecule has 0 saturated heterocycles. The molecule has 1 amide bonds. The van der Waals surface area contributed by atoms with E-state index in [1.54, 1.807) is 13.3 Å². The minimum atomic E-state index is -0.0465. The number of fused-ring (bicyclic) bond motifs is 2. The van der Waals surface area contributed by atoms with Crippen molar-refractivity contribution < 1.29 is 9.53 Å². The lowest BCUT2D eigenvalue weighted by molar-refractivity contribution is 0.0951. The summed E-state index contributed by atoms with van der Waals surface area (Å²) in [7, 11) is 1.58. The van der Waals surface area contributed by atoms with E-state index in [0.29, 0.717) is 18.3 Å². The molecule has 1 aromatic carbocycles. The molecule has 2 aromatic heterocycles. The molecule has 1 atom stereocenters. The topological polar surface area (TPSA) is 64.1 Å². The van der Waals surface area contributed by atoms with Crippen LogP contribution in [-0.4, -0.2) is 23.0 Å². The van der Waals surface area contributed by atoms with E-state index in [4.69, 9.17) is 9.72 Å². The Morgan fingerprint density at radius 2 is 2.15 bits per heavy atom. The fourth-order valence-electron chi connectivity index (χ4n) is 3.76. The lowest BCUT2D eigenvalue weighted by Crippen LogP contribution is -2.27. The average Bonchev–Trinajstić information content (AvgIpc) is 2.70. The summed E-state index contributed by atoms with van der Waals surface area (Å²) >= 11 is 0. The molecule has 0 bridgehead atoms. The van der Waals surface area contributed by atoms with Gasteiger partial charge in [-0.3, -0.25) is 9.78 Å². The summed E-state index contributed by atoms with van der Waals surface area (Å²) in [5.74, 6) is 1.06. The van der Waals surface area contributed by atoms with Crippen LogP contribution >= 0.6 is 0 Å². The Kier molecular flexibility index (Phi) is 4.75. The normalized spacial score (nSPS) is 16.0. The number of carbonyl (C=O) groups is 1. The van der Waals surface area contributed by atoms with E-state index in [1.165, 1.54) is 0 Å². The van der Waals surface area contributed by atoms with Crippen molar-refractivity contribution in [3.05, 3.63) is 65.0 Å². The molecule has 5 heteroatoms. The zero-order valence-electron chi connectivity index (χ0n) is 15.7. The van der Waals surface area contributed by atoms with Gasteiger partial charge in [-0.15, -0.1) is 0 Å². The summed E-state index contributed by atoms with van der Waals surface area (Å²) in [5.41, 5.74) is 4.81. The fraction of sp³-hybridized carbons (Fsp3) is 0.318. The molecule has 3 aromatic rings. The zero-order chi connectivity index (χ0) is 18.8. The summed E-state index contributed by atoms with van der Waals surface area (Å²) < 4.78 is 5.16. The molecule has 0 radical (unpaired) electrons. The highest BCUT2D eigenvalue weighted by atomic mass is 16.5. The number of para-hydroxylation sites is 1. The first kappa shape index (κ1) is 17.5. The first-order valence-corrected chi connectivity index (χ1v) is 9.33. The maximum Gasteiger partial charge on any atom is 0.252 e. The van der Waals surface area contributed by atoms with E-state index in [0.717, 1.165) is 52.5 Å². The van der Waals surface area contributed by atoms with Crippen LogP contribution in [0.3, 0.4) is 0 Å². The molecule has 1 aliphatic carbocycles. The van der Waals surface area contributed by atoms with Gasteiger partial charge in [0.1, 0.15) is 0 Å². The van der Waals surface area contributed by atoms with Crippen molar-refractivity contribution in [2.24, 2.45) is 5.92 Å². The van der Waals surface area contributed by atoms with Crippen LogP contribution in [0.5, 0.6) is 5.88 Å². The van der Waals surface area contributed by atoms with Gasteiger partial charge in [0.05, 0.1) is 18.2 Å². The predicted octanol–water partition coefficient (Wildman–Crippen LogP) is 3.69. The Bertz CT molecular complexity index is 1000. The Balaban J connectivity index is 1.69. The molecule has 1 N–H and O–H groups in total. The first-order valence-electron chi connectivity index (χ1n) is 9.33. The lowest BCUT2D eigenvalue weighted by Gasteiger charge is -2.24. The van der Waals surface area contributed by atoms with Gasteiger partial charge in [-0.05, 0) is 48.4 Å². The average molecular weight is 361 g/mol. The van der Waals surface area contributed by atoms with Crippen molar-refractivity contribution in [3.63, 3.8) is 0 Å². The van der Waals surface area contributed by atoms with Crippen LogP contribution < -0.4 is 10.1 Å². The van der Waals surface area contributed by atoms with Crippen molar-refractivity contribution >= 4 is 16.8 Å². The molecule has 27 heavy (non-hydrogen) atoms. The molecule has 5 nitrogen and oxygen atoms in total. The van der Waals surface area contributed by atoms with E-state index in [1.807, 2.05) is 36.4 Å². The second-order valence-corrected chi connectivity index (χ2v) is 7.17. The molecule has 4 rings (SSSR count).